The van der Waals surface area contributed by atoms with Crippen LogP contribution in [-0.4, -0.2) is 33.9 Å². The Morgan fingerprint density at radius 1 is 0.636 bits per heavy atom. The summed E-state index contributed by atoms with van der Waals surface area (Å²) < 4.78 is 4.92. The maximum Gasteiger partial charge on any atom is 0.330 e. The van der Waals surface area contributed by atoms with Gasteiger partial charge >= 0.3 is 5.97 Å². The van der Waals surface area contributed by atoms with E-state index < -0.39 is 5.97 Å². The number of rotatable bonds is 23. The van der Waals surface area contributed by atoms with E-state index in [-0.39, 0.29) is 12.4 Å². The number of aliphatic hydroxyl groups is 3. The van der Waals surface area contributed by atoms with Gasteiger partial charge in [-0.15, -0.1) is 0 Å². The molecule has 0 rings (SSSR count). The van der Waals surface area contributed by atoms with Crippen molar-refractivity contribution in [2.45, 2.75) is 155 Å². The van der Waals surface area contributed by atoms with E-state index in [1.807, 2.05) is 0 Å². The van der Waals surface area contributed by atoms with Crippen molar-refractivity contribution in [1.29, 1.82) is 0 Å². The summed E-state index contributed by atoms with van der Waals surface area (Å²) in [5.41, 5.74) is 0. The van der Waals surface area contributed by atoms with Gasteiger partial charge in [0.15, 0.2) is 0 Å². The van der Waals surface area contributed by atoms with Gasteiger partial charge in [0.25, 0.3) is 5.97 Å². The Balaban J connectivity index is 0. The first-order valence-electron chi connectivity index (χ1n) is 13.8. The van der Waals surface area contributed by atoms with Crippen molar-refractivity contribution >= 4 is 5.97 Å². The first kappa shape index (κ1) is 34.3. The van der Waals surface area contributed by atoms with Crippen LogP contribution in [0.2, 0.25) is 0 Å². The molecule has 5 nitrogen and oxygen atoms in total. The molecular formula is C28H56O5. The van der Waals surface area contributed by atoms with E-state index in [1.165, 1.54) is 109 Å². The molecule has 198 valence electrons. The summed E-state index contributed by atoms with van der Waals surface area (Å²) in [5.74, 6) is -2.76. The molecule has 0 aliphatic carbocycles. The summed E-state index contributed by atoms with van der Waals surface area (Å²) >= 11 is 0. The van der Waals surface area contributed by atoms with Gasteiger partial charge in [0.1, 0.15) is 0 Å². The summed E-state index contributed by atoms with van der Waals surface area (Å²) in [7, 11) is 0. The van der Waals surface area contributed by atoms with Crippen LogP contribution < -0.4 is 0 Å². The third kappa shape index (κ3) is 35.9. The lowest BCUT2D eigenvalue weighted by Crippen LogP contribution is -2.26. The normalized spacial score (nSPS) is 11.1. The van der Waals surface area contributed by atoms with Gasteiger partial charge < -0.3 is 20.1 Å². The van der Waals surface area contributed by atoms with Gasteiger partial charge in [0, 0.05) is 12.5 Å². The fraction of sp³-hybridized carbons (Fsp3) is 0.893. The lowest BCUT2D eigenvalue weighted by Gasteiger charge is -2.12. The highest BCUT2D eigenvalue weighted by molar-refractivity contribution is 5.81. The number of unbranched alkanes of at least 4 members (excludes halogenated alkanes) is 18. The van der Waals surface area contributed by atoms with Crippen LogP contribution in [0.5, 0.6) is 0 Å². The Labute approximate surface area is 205 Å². The zero-order valence-corrected chi connectivity index (χ0v) is 22.0. The molecule has 0 spiro atoms. The lowest BCUT2D eigenvalue weighted by molar-refractivity contribution is -0.315. The third-order valence-corrected chi connectivity index (χ3v) is 5.77. The average Bonchev–Trinajstić information content (AvgIpc) is 2.78. The Morgan fingerprint density at radius 2 is 0.970 bits per heavy atom. The van der Waals surface area contributed by atoms with Crippen molar-refractivity contribution in [1.82, 2.24) is 0 Å². The molecule has 0 atom stereocenters. The van der Waals surface area contributed by atoms with Crippen molar-refractivity contribution in [2.75, 3.05) is 6.61 Å². The Morgan fingerprint density at radius 3 is 1.30 bits per heavy atom. The predicted molar refractivity (Wildman–Crippen MR) is 139 cm³/mol. The second-order valence-corrected chi connectivity index (χ2v) is 9.26. The summed E-state index contributed by atoms with van der Waals surface area (Å²) in [6.07, 6.45) is 26.2. The van der Waals surface area contributed by atoms with Gasteiger partial charge in [-0.2, -0.15) is 0 Å². The highest BCUT2D eigenvalue weighted by atomic mass is 16.7. The number of esters is 1. The second kappa shape index (κ2) is 27.3. The molecule has 0 aromatic heterocycles. The fourth-order valence-corrected chi connectivity index (χ4v) is 3.67. The predicted octanol–water partition coefficient (Wildman–Crippen LogP) is 7.56. The molecule has 0 unspecified atom stereocenters. The maximum absolute atomic E-state index is 10.8. The zero-order chi connectivity index (χ0) is 25.0. The highest BCUT2D eigenvalue weighted by Crippen LogP contribution is 2.13. The summed E-state index contributed by atoms with van der Waals surface area (Å²) in [4.78, 5) is 10.8. The average molecular weight is 473 g/mol. The molecule has 0 heterocycles. The molecule has 0 amide bonds. The largest absolute Gasteiger partial charge is 0.463 e. The highest BCUT2D eigenvalue weighted by Gasteiger charge is 2.16. The molecule has 33 heavy (non-hydrogen) atoms. The van der Waals surface area contributed by atoms with E-state index in [4.69, 9.17) is 20.1 Å². The molecule has 0 fully saturated rings. The van der Waals surface area contributed by atoms with Crippen molar-refractivity contribution in [3.63, 3.8) is 0 Å². The van der Waals surface area contributed by atoms with Crippen LogP contribution in [0.3, 0.4) is 0 Å². The molecule has 5 heteroatoms. The van der Waals surface area contributed by atoms with Gasteiger partial charge in [-0.05, 0) is 12.8 Å². The molecule has 0 aromatic carbocycles. The minimum Gasteiger partial charge on any atom is -0.463 e. The SMILES string of the molecule is C=CC(=O)OCCCCCCCCCCCCC.CCCCCCCCCCCC(O)(O)O. The molecule has 0 bridgehead atoms. The van der Waals surface area contributed by atoms with E-state index in [2.05, 4.69) is 20.4 Å². The van der Waals surface area contributed by atoms with E-state index in [9.17, 15) is 4.79 Å². The lowest BCUT2D eigenvalue weighted by atomic mass is 10.1. The monoisotopic (exact) mass is 472 g/mol. The van der Waals surface area contributed by atoms with E-state index in [1.54, 1.807) is 0 Å². The number of carbonyl (C=O) groups excluding carboxylic acids is 1. The number of hydrogen-bond donors (Lipinski definition) is 3. The molecule has 0 saturated heterocycles. The van der Waals surface area contributed by atoms with Crippen LogP contribution in [0.15, 0.2) is 12.7 Å². The fourth-order valence-electron chi connectivity index (χ4n) is 3.67. The van der Waals surface area contributed by atoms with Crippen LogP contribution in [0.1, 0.15) is 149 Å². The van der Waals surface area contributed by atoms with Crippen LogP contribution in [0, 0.1) is 0 Å². The van der Waals surface area contributed by atoms with Gasteiger partial charge in [-0.3, -0.25) is 0 Å². The third-order valence-electron chi connectivity index (χ3n) is 5.77. The van der Waals surface area contributed by atoms with Crippen molar-refractivity contribution < 1.29 is 24.9 Å². The van der Waals surface area contributed by atoms with Crippen molar-refractivity contribution in [2.24, 2.45) is 0 Å². The minimum atomic E-state index is -2.46. The molecule has 0 aromatic rings. The van der Waals surface area contributed by atoms with E-state index in [0.29, 0.717) is 13.0 Å². The van der Waals surface area contributed by atoms with Crippen LogP contribution in [0.4, 0.5) is 0 Å². The summed E-state index contributed by atoms with van der Waals surface area (Å²) in [5, 5.41) is 25.9. The van der Waals surface area contributed by atoms with Crippen molar-refractivity contribution in [3.05, 3.63) is 12.7 Å². The molecular weight excluding hydrogens is 416 g/mol. The van der Waals surface area contributed by atoms with Gasteiger partial charge in [-0.1, -0.05) is 136 Å². The van der Waals surface area contributed by atoms with Gasteiger partial charge in [-0.25, -0.2) is 4.79 Å². The van der Waals surface area contributed by atoms with E-state index in [0.717, 1.165) is 19.3 Å². The van der Waals surface area contributed by atoms with E-state index >= 15 is 0 Å². The standard InChI is InChI=1S/C16H30O2.C12H26O3/c1-3-5-6-7-8-9-10-11-12-13-14-15-18-16(17)4-2;1-2-3-4-5-6-7-8-9-10-11-12(13,14)15/h4H,2-3,5-15H2,1H3;13-15H,2-11H2,1H3. The maximum atomic E-state index is 10.8. The van der Waals surface area contributed by atoms with Crippen molar-refractivity contribution in [3.8, 4) is 0 Å². The Hall–Kier alpha value is -0.910. The van der Waals surface area contributed by atoms with Crippen LogP contribution in [-0.2, 0) is 9.53 Å². The topological polar surface area (TPSA) is 87.0 Å². The van der Waals surface area contributed by atoms with Gasteiger partial charge in [0.05, 0.1) is 6.61 Å². The first-order valence-corrected chi connectivity index (χ1v) is 13.8. The zero-order valence-electron chi connectivity index (χ0n) is 22.0. The number of ether oxygens (including phenoxy) is 1. The second-order valence-electron chi connectivity index (χ2n) is 9.26. The summed E-state index contributed by atoms with van der Waals surface area (Å²) in [6, 6.07) is 0. The van der Waals surface area contributed by atoms with Gasteiger partial charge in [0.2, 0.25) is 0 Å². The molecule has 0 radical (unpaired) electrons. The Kier molecular flexibility index (Phi) is 28.4. The van der Waals surface area contributed by atoms with Crippen LogP contribution in [0.25, 0.3) is 0 Å². The molecule has 0 aliphatic heterocycles. The molecule has 3 N–H and O–H groups in total. The minimum absolute atomic E-state index is 0.0584. The number of carbonyl (C=O) groups is 1. The summed E-state index contributed by atoms with van der Waals surface area (Å²) in [6.45, 7) is 8.37. The quantitative estimate of drug-likeness (QED) is 0.0618. The van der Waals surface area contributed by atoms with Crippen LogP contribution >= 0.6 is 0 Å². The molecule has 0 aliphatic rings. The Bertz CT molecular complexity index is 404. The smallest absolute Gasteiger partial charge is 0.330 e. The molecule has 0 saturated carbocycles. The first-order chi connectivity index (χ1) is 15.9. The number of hydrogen-bond acceptors (Lipinski definition) is 5.